The molecule has 2 aromatic rings. The van der Waals surface area contributed by atoms with Gasteiger partial charge in [-0.25, -0.2) is 8.78 Å². The molecule has 2 unspecified atom stereocenters. The number of amides is 3. The molecule has 2 saturated heterocycles. The molecule has 0 bridgehead atoms. The Labute approximate surface area is 166 Å². The number of benzene rings is 2. The van der Waals surface area contributed by atoms with Crippen LogP contribution in [-0.4, -0.2) is 42.3 Å². The Hall–Kier alpha value is -3.29. The van der Waals surface area contributed by atoms with E-state index in [4.69, 9.17) is 0 Å². The van der Waals surface area contributed by atoms with E-state index >= 15 is 0 Å². The molecule has 1 N–H and O–H groups in total. The van der Waals surface area contributed by atoms with Gasteiger partial charge in [-0.15, -0.1) is 0 Å². The number of halogens is 2. The molecule has 0 aliphatic carbocycles. The summed E-state index contributed by atoms with van der Waals surface area (Å²) in [6.45, 7) is 0.629. The predicted molar refractivity (Wildman–Crippen MR) is 101 cm³/mol. The lowest BCUT2D eigenvalue weighted by Crippen LogP contribution is -2.53. The lowest BCUT2D eigenvalue weighted by atomic mass is 9.99. The topological polar surface area (TPSA) is 69.7 Å². The molecule has 2 aromatic carbocycles. The second-order valence-electron chi connectivity index (χ2n) is 7.14. The molecule has 2 atom stereocenters. The smallest absolute Gasteiger partial charge is 0.247 e. The van der Waals surface area contributed by atoms with Crippen LogP contribution in [0.3, 0.4) is 0 Å². The molecule has 0 aromatic heterocycles. The van der Waals surface area contributed by atoms with Gasteiger partial charge < -0.3 is 15.1 Å². The van der Waals surface area contributed by atoms with Gasteiger partial charge in [-0.3, -0.25) is 14.4 Å². The molecule has 2 heterocycles. The monoisotopic (exact) mass is 399 g/mol. The van der Waals surface area contributed by atoms with Crippen molar-refractivity contribution < 1.29 is 23.2 Å². The van der Waals surface area contributed by atoms with Crippen LogP contribution in [0.5, 0.6) is 0 Å². The Morgan fingerprint density at radius 2 is 1.83 bits per heavy atom. The summed E-state index contributed by atoms with van der Waals surface area (Å²) in [6.07, 6.45) is -0.0880. The standard InChI is InChI=1S/C21H19F2N3O3/c22-15-6-7-17(16(23)11-15)26-12-14(10-18(26)27)21(29)25-9-8-24-20(28)19(25)13-4-2-1-3-5-13/h1-7,11,14,19H,8-10,12H2,(H,24,28). The molecule has 0 radical (unpaired) electrons. The molecular weight excluding hydrogens is 380 g/mol. The normalized spacial score (nSPS) is 22.0. The zero-order chi connectivity index (χ0) is 20.5. The summed E-state index contributed by atoms with van der Waals surface area (Å²) >= 11 is 0. The third-order valence-corrected chi connectivity index (χ3v) is 5.29. The fraction of sp³-hybridized carbons (Fsp3) is 0.286. The molecule has 0 spiro atoms. The number of nitrogens with zero attached hydrogens (tertiary/aromatic N) is 2. The van der Waals surface area contributed by atoms with Gasteiger partial charge in [-0.1, -0.05) is 30.3 Å². The zero-order valence-corrected chi connectivity index (χ0v) is 15.5. The Morgan fingerprint density at radius 1 is 1.07 bits per heavy atom. The van der Waals surface area contributed by atoms with Crippen LogP contribution in [-0.2, 0) is 14.4 Å². The zero-order valence-electron chi connectivity index (χ0n) is 15.5. The highest BCUT2D eigenvalue weighted by molar-refractivity contribution is 6.01. The van der Waals surface area contributed by atoms with Gasteiger partial charge >= 0.3 is 0 Å². The van der Waals surface area contributed by atoms with Crippen molar-refractivity contribution in [1.29, 1.82) is 0 Å². The van der Waals surface area contributed by atoms with Crippen molar-refractivity contribution in [3.05, 3.63) is 65.7 Å². The average molecular weight is 399 g/mol. The SMILES string of the molecule is O=C1NCCN(C(=O)C2CC(=O)N(c3ccc(F)cc3F)C2)C1c1ccccc1. The minimum atomic E-state index is -0.856. The highest BCUT2D eigenvalue weighted by atomic mass is 19.1. The van der Waals surface area contributed by atoms with E-state index in [2.05, 4.69) is 5.32 Å². The predicted octanol–water partition coefficient (Wildman–Crippen LogP) is 2.02. The van der Waals surface area contributed by atoms with Crippen molar-refractivity contribution in [2.75, 3.05) is 24.5 Å². The van der Waals surface area contributed by atoms with E-state index < -0.39 is 29.5 Å². The number of rotatable bonds is 3. The highest BCUT2D eigenvalue weighted by Gasteiger charge is 2.42. The summed E-state index contributed by atoms with van der Waals surface area (Å²) in [4.78, 5) is 40.8. The van der Waals surface area contributed by atoms with Crippen LogP contribution in [0.25, 0.3) is 0 Å². The van der Waals surface area contributed by atoms with Crippen LogP contribution < -0.4 is 10.2 Å². The van der Waals surface area contributed by atoms with E-state index in [0.717, 1.165) is 6.07 Å². The molecule has 29 heavy (non-hydrogen) atoms. The van der Waals surface area contributed by atoms with Gasteiger partial charge in [0.25, 0.3) is 0 Å². The van der Waals surface area contributed by atoms with Gasteiger partial charge in [0.2, 0.25) is 17.7 Å². The molecular formula is C21H19F2N3O3. The molecule has 6 nitrogen and oxygen atoms in total. The number of carbonyl (C=O) groups excluding carboxylic acids is 3. The van der Waals surface area contributed by atoms with Crippen LogP contribution >= 0.6 is 0 Å². The number of anilines is 1. The molecule has 3 amide bonds. The number of hydrogen-bond donors (Lipinski definition) is 1. The summed E-state index contributed by atoms with van der Waals surface area (Å²) in [6, 6.07) is 11.1. The van der Waals surface area contributed by atoms with Gasteiger partial charge in [-0.2, -0.15) is 0 Å². The maximum atomic E-state index is 14.1. The van der Waals surface area contributed by atoms with Crippen molar-refractivity contribution in [3.8, 4) is 0 Å². The molecule has 4 rings (SSSR count). The van der Waals surface area contributed by atoms with Crippen molar-refractivity contribution in [2.45, 2.75) is 12.5 Å². The second-order valence-corrected chi connectivity index (χ2v) is 7.14. The number of piperazine rings is 1. The van der Waals surface area contributed by atoms with Crippen LogP contribution in [0.15, 0.2) is 48.5 Å². The number of hydrogen-bond acceptors (Lipinski definition) is 3. The summed E-state index contributed by atoms with van der Waals surface area (Å²) < 4.78 is 27.3. The van der Waals surface area contributed by atoms with Gasteiger partial charge in [0, 0.05) is 32.1 Å². The Bertz CT molecular complexity index is 967. The van der Waals surface area contributed by atoms with E-state index in [1.54, 1.807) is 24.3 Å². The molecule has 2 fully saturated rings. The van der Waals surface area contributed by atoms with Gasteiger partial charge in [0.15, 0.2) is 0 Å². The molecule has 0 saturated carbocycles. The summed E-state index contributed by atoms with van der Waals surface area (Å²) in [5.74, 6) is -3.31. The van der Waals surface area contributed by atoms with Gasteiger partial charge in [-0.05, 0) is 17.7 Å². The van der Waals surface area contributed by atoms with E-state index in [1.165, 1.54) is 15.9 Å². The summed E-state index contributed by atoms with van der Waals surface area (Å²) in [5.41, 5.74) is 0.631. The largest absolute Gasteiger partial charge is 0.352 e. The third kappa shape index (κ3) is 3.57. The maximum absolute atomic E-state index is 14.1. The van der Waals surface area contributed by atoms with E-state index in [-0.39, 0.29) is 30.5 Å². The highest BCUT2D eigenvalue weighted by Crippen LogP contribution is 2.31. The van der Waals surface area contributed by atoms with Crippen LogP contribution in [0.1, 0.15) is 18.0 Å². The molecule has 8 heteroatoms. The molecule has 150 valence electrons. The number of nitrogens with one attached hydrogen (secondary N) is 1. The van der Waals surface area contributed by atoms with Gasteiger partial charge in [0.1, 0.15) is 17.7 Å². The first kappa shape index (κ1) is 19.0. The lowest BCUT2D eigenvalue weighted by molar-refractivity contribution is -0.146. The van der Waals surface area contributed by atoms with Crippen molar-refractivity contribution in [1.82, 2.24) is 10.2 Å². The van der Waals surface area contributed by atoms with E-state index in [0.29, 0.717) is 24.7 Å². The first-order valence-electron chi connectivity index (χ1n) is 9.34. The first-order chi connectivity index (χ1) is 14.0. The fourth-order valence-corrected chi connectivity index (χ4v) is 3.91. The van der Waals surface area contributed by atoms with Crippen LogP contribution in [0, 0.1) is 17.6 Å². The van der Waals surface area contributed by atoms with Crippen molar-refractivity contribution in [3.63, 3.8) is 0 Å². The fourth-order valence-electron chi connectivity index (χ4n) is 3.91. The quantitative estimate of drug-likeness (QED) is 0.859. The summed E-state index contributed by atoms with van der Waals surface area (Å²) in [5, 5.41) is 2.77. The van der Waals surface area contributed by atoms with Crippen LogP contribution in [0.2, 0.25) is 0 Å². The average Bonchev–Trinajstić information content (AvgIpc) is 3.09. The van der Waals surface area contributed by atoms with Crippen molar-refractivity contribution in [2.24, 2.45) is 5.92 Å². The Morgan fingerprint density at radius 3 is 2.55 bits per heavy atom. The van der Waals surface area contributed by atoms with Gasteiger partial charge in [0.05, 0.1) is 11.6 Å². The van der Waals surface area contributed by atoms with Crippen molar-refractivity contribution >= 4 is 23.4 Å². The minimum absolute atomic E-state index is 0.0140. The number of carbonyl (C=O) groups is 3. The lowest BCUT2D eigenvalue weighted by Gasteiger charge is -2.36. The Kier molecular flexibility index (Phi) is 5.00. The Balaban J connectivity index is 1.57. The first-order valence-corrected chi connectivity index (χ1v) is 9.34. The van der Waals surface area contributed by atoms with Crippen LogP contribution in [0.4, 0.5) is 14.5 Å². The maximum Gasteiger partial charge on any atom is 0.247 e. The second kappa shape index (κ2) is 7.62. The molecule has 2 aliphatic rings. The summed E-state index contributed by atoms with van der Waals surface area (Å²) in [7, 11) is 0. The minimum Gasteiger partial charge on any atom is -0.352 e. The van der Waals surface area contributed by atoms with E-state index in [9.17, 15) is 23.2 Å². The molecule has 2 aliphatic heterocycles. The van der Waals surface area contributed by atoms with E-state index in [1.807, 2.05) is 6.07 Å². The third-order valence-electron chi connectivity index (χ3n) is 5.29.